The Bertz CT molecular complexity index is 138. The van der Waals surface area contributed by atoms with Crippen LogP contribution in [0.5, 0.6) is 0 Å². The first-order chi connectivity index (χ1) is 4.66. The molecule has 0 aliphatic carbocycles. The standard InChI is InChI=1S/C7H12O3/c1-3-10-5-7(9)4-6(2)8/h4,9H,3,5H2,1-2H3. The zero-order valence-electron chi connectivity index (χ0n) is 6.26. The maximum absolute atomic E-state index is 10.3. The van der Waals surface area contributed by atoms with Crippen LogP contribution in [0.25, 0.3) is 0 Å². The van der Waals surface area contributed by atoms with Gasteiger partial charge in [0, 0.05) is 12.7 Å². The summed E-state index contributed by atoms with van der Waals surface area (Å²) in [7, 11) is 0. The summed E-state index contributed by atoms with van der Waals surface area (Å²) in [6.45, 7) is 3.86. The van der Waals surface area contributed by atoms with Crippen LogP contribution in [0.2, 0.25) is 0 Å². The van der Waals surface area contributed by atoms with E-state index in [0.717, 1.165) is 6.08 Å². The Balaban J connectivity index is 3.60. The fraction of sp³-hybridized carbons (Fsp3) is 0.571. The molecule has 0 aromatic rings. The first-order valence-corrected chi connectivity index (χ1v) is 3.14. The molecular weight excluding hydrogens is 132 g/mol. The Morgan fingerprint density at radius 3 is 2.70 bits per heavy atom. The van der Waals surface area contributed by atoms with E-state index in [1.807, 2.05) is 6.92 Å². The Labute approximate surface area is 60.3 Å². The van der Waals surface area contributed by atoms with Crippen LogP contribution in [0.15, 0.2) is 11.8 Å². The van der Waals surface area contributed by atoms with E-state index in [1.54, 1.807) is 0 Å². The Morgan fingerprint density at radius 2 is 2.30 bits per heavy atom. The fourth-order valence-electron chi connectivity index (χ4n) is 0.483. The van der Waals surface area contributed by atoms with Crippen LogP contribution in [0.1, 0.15) is 13.8 Å². The SMILES string of the molecule is CCOCC(O)=CC(C)=O. The number of ether oxygens (including phenoxy) is 1. The molecule has 0 aliphatic heterocycles. The average molecular weight is 144 g/mol. The molecule has 0 aromatic carbocycles. The Kier molecular flexibility index (Phi) is 4.58. The minimum atomic E-state index is -0.169. The fourth-order valence-corrected chi connectivity index (χ4v) is 0.483. The number of hydrogen-bond acceptors (Lipinski definition) is 3. The van der Waals surface area contributed by atoms with E-state index in [2.05, 4.69) is 0 Å². The smallest absolute Gasteiger partial charge is 0.156 e. The van der Waals surface area contributed by atoms with Crippen molar-refractivity contribution in [3.8, 4) is 0 Å². The third-order valence-electron chi connectivity index (χ3n) is 0.824. The van der Waals surface area contributed by atoms with Crippen LogP contribution >= 0.6 is 0 Å². The number of hydrogen-bond donors (Lipinski definition) is 1. The van der Waals surface area contributed by atoms with Gasteiger partial charge in [-0.3, -0.25) is 4.79 Å². The molecular formula is C7H12O3. The first-order valence-electron chi connectivity index (χ1n) is 3.14. The van der Waals surface area contributed by atoms with Gasteiger partial charge in [0.15, 0.2) is 5.78 Å². The van der Waals surface area contributed by atoms with Crippen molar-refractivity contribution in [1.82, 2.24) is 0 Å². The maximum Gasteiger partial charge on any atom is 0.156 e. The number of ketones is 1. The van der Waals surface area contributed by atoms with Crippen molar-refractivity contribution in [2.75, 3.05) is 13.2 Å². The van der Waals surface area contributed by atoms with Crippen molar-refractivity contribution < 1.29 is 14.6 Å². The average Bonchev–Trinajstić information content (AvgIpc) is 1.82. The number of aliphatic hydroxyl groups is 1. The lowest BCUT2D eigenvalue weighted by molar-refractivity contribution is -0.112. The van der Waals surface area contributed by atoms with Gasteiger partial charge in [0.2, 0.25) is 0 Å². The van der Waals surface area contributed by atoms with Crippen LogP contribution in [0.4, 0.5) is 0 Å². The zero-order chi connectivity index (χ0) is 7.98. The number of carbonyl (C=O) groups excluding carboxylic acids is 1. The summed E-state index contributed by atoms with van der Waals surface area (Å²) in [5, 5.41) is 8.87. The van der Waals surface area contributed by atoms with Gasteiger partial charge >= 0.3 is 0 Å². The molecule has 0 fully saturated rings. The van der Waals surface area contributed by atoms with E-state index in [4.69, 9.17) is 9.84 Å². The summed E-state index contributed by atoms with van der Waals surface area (Å²) in [4.78, 5) is 10.3. The molecule has 3 nitrogen and oxygen atoms in total. The monoisotopic (exact) mass is 144 g/mol. The summed E-state index contributed by atoms with van der Waals surface area (Å²) >= 11 is 0. The predicted molar refractivity (Wildman–Crippen MR) is 37.9 cm³/mol. The van der Waals surface area contributed by atoms with Crippen molar-refractivity contribution >= 4 is 5.78 Å². The van der Waals surface area contributed by atoms with Gasteiger partial charge in [0.1, 0.15) is 12.4 Å². The molecule has 1 N–H and O–H groups in total. The lowest BCUT2D eigenvalue weighted by atomic mass is 10.4. The van der Waals surface area contributed by atoms with Crippen LogP contribution in [0.3, 0.4) is 0 Å². The lowest BCUT2D eigenvalue weighted by Gasteiger charge is -1.97. The molecule has 58 valence electrons. The van der Waals surface area contributed by atoms with E-state index >= 15 is 0 Å². The third kappa shape index (κ3) is 5.31. The van der Waals surface area contributed by atoms with E-state index in [-0.39, 0.29) is 18.1 Å². The number of carbonyl (C=O) groups is 1. The van der Waals surface area contributed by atoms with Gasteiger partial charge in [-0.1, -0.05) is 0 Å². The van der Waals surface area contributed by atoms with Gasteiger partial charge in [-0.2, -0.15) is 0 Å². The molecule has 0 rings (SSSR count). The third-order valence-corrected chi connectivity index (χ3v) is 0.824. The van der Waals surface area contributed by atoms with Gasteiger partial charge in [-0.15, -0.1) is 0 Å². The highest BCUT2D eigenvalue weighted by molar-refractivity contribution is 5.87. The molecule has 0 heterocycles. The van der Waals surface area contributed by atoms with E-state index in [9.17, 15) is 4.79 Å². The summed E-state index contributed by atoms with van der Waals surface area (Å²) in [5.74, 6) is -0.188. The molecule has 0 unspecified atom stereocenters. The second-order valence-electron chi connectivity index (χ2n) is 1.88. The molecule has 0 amide bonds. The van der Waals surface area contributed by atoms with Gasteiger partial charge in [-0.25, -0.2) is 0 Å². The van der Waals surface area contributed by atoms with Crippen LogP contribution in [0, 0.1) is 0 Å². The van der Waals surface area contributed by atoms with Gasteiger partial charge < -0.3 is 9.84 Å². The molecule has 0 spiro atoms. The van der Waals surface area contributed by atoms with Gasteiger partial charge in [0.25, 0.3) is 0 Å². The summed E-state index contributed by atoms with van der Waals surface area (Å²) < 4.78 is 4.83. The largest absolute Gasteiger partial charge is 0.510 e. The highest BCUT2D eigenvalue weighted by atomic mass is 16.5. The molecule has 10 heavy (non-hydrogen) atoms. The van der Waals surface area contributed by atoms with Crippen LogP contribution in [-0.4, -0.2) is 24.1 Å². The summed E-state index contributed by atoms with van der Waals surface area (Å²) in [5.41, 5.74) is 0. The topological polar surface area (TPSA) is 46.5 Å². The van der Waals surface area contributed by atoms with Gasteiger partial charge in [0.05, 0.1) is 0 Å². The molecule has 0 aliphatic rings. The van der Waals surface area contributed by atoms with Gasteiger partial charge in [-0.05, 0) is 13.8 Å². The summed E-state index contributed by atoms with van der Waals surface area (Å²) in [6, 6.07) is 0. The molecule has 3 heteroatoms. The first kappa shape index (κ1) is 9.17. The Hall–Kier alpha value is -0.830. The number of rotatable bonds is 4. The molecule has 0 saturated carbocycles. The Morgan fingerprint density at radius 1 is 1.70 bits per heavy atom. The van der Waals surface area contributed by atoms with Crippen molar-refractivity contribution in [2.45, 2.75) is 13.8 Å². The minimum absolute atomic E-state index is 0.0191. The number of allylic oxidation sites excluding steroid dienone is 1. The molecule has 0 aromatic heterocycles. The second kappa shape index (κ2) is 4.99. The highest BCUT2D eigenvalue weighted by Gasteiger charge is 1.93. The quantitative estimate of drug-likeness (QED) is 0.474. The van der Waals surface area contributed by atoms with Crippen molar-refractivity contribution in [2.24, 2.45) is 0 Å². The minimum Gasteiger partial charge on any atom is -0.510 e. The van der Waals surface area contributed by atoms with E-state index in [0.29, 0.717) is 6.61 Å². The zero-order valence-corrected chi connectivity index (χ0v) is 6.26. The molecule has 0 saturated heterocycles. The summed E-state index contributed by atoms with van der Waals surface area (Å²) in [6.07, 6.45) is 1.15. The normalized spacial score (nSPS) is 11.6. The molecule has 0 radical (unpaired) electrons. The maximum atomic E-state index is 10.3. The van der Waals surface area contributed by atoms with E-state index in [1.165, 1.54) is 6.92 Å². The van der Waals surface area contributed by atoms with Crippen molar-refractivity contribution in [3.63, 3.8) is 0 Å². The van der Waals surface area contributed by atoms with Crippen molar-refractivity contribution in [1.29, 1.82) is 0 Å². The van der Waals surface area contributed by atoms with Crippen molar-refractivity contribution in [3.05, 3.63) is 11.8 Å². The number of aliphatic hydroxyl groups excluding tert-OH is 1. The highest BCUT2D eigenvalue weighted by Crippen LogP contribution is 1.89. The lowest BCUT2D eigenvalue weighted by Crippen LogP contribution is -1.98. The van der Waals surface area contributed by atoms with Crippen LogP contribution in [-0.2, 0) is 9.53 Å². The van der Waals surface area contributed by atoms with E-state index < -0.39 is 0 Å². The predicted octanol–water partition coefficient (Wildman–Crippen LogP) is 1.05. The molecule has 0 atom stereocenters. The van der Waals surface area contributed by atoms with Crippen LogP contribution < -0.4 is 0 Å². The second-order valence-corrected chi connectivity index (χ2v) is 1.88. The molecule has 0 bridgehead atoms.